The van der Waals surface area contributed by atoms with Gasteiger partial charge in [-0.15, -0.1) is 5.10 Å². The van der Waals surface area contributed by atoms with E-state index in [2.05, 4.69) is 28.9 Å². The summed E-state index contributed by atoms with van der Waals surface area (Å²) in [5, 5.41) is 8.13. The molecule has 6 nitrogen and oxygen atoms in total. The minimum Gasteiger partial charge on any atom is -0.435 e. The molecule has 0 aliphatic heterocycles. The SMILES string of the molecule is CCC(CC)CN(CC)C(=O)c1nnn(-c2ccc(OC(F)F)cc2)c1C. The van der Waals surface area contributed by atoms with E-state index >= 15 is 0 Å². The van der Waals surface area contributed by atoms with Crippen LogP contribution in [0.1, 0.15) is 49.8 Å². The molecule has 0 aliphatic carbocycles. The monoisotopic (exact) mass is 380 g/mol. The van der Waals surface area contributed by atoms with E-state index in [9.17, 15) is 13.6 Å². The van der Waals surface area contributed by atoms with Crippen LogP contribution in [0, 0.1) is 12.8 Å². The lowest BCUT2D eigenvalue weighted by atomic mass is 10.0. The van der Waals surface area contributed by atoms with Gasteiger partial charge in [-0.05, 0) is 44.0 Å². The predicted molar refractivity (Wildman–Crippen MR) is 98.4 cm³/mol. The number of nitrogens with zero attached hydrogens (tertiary/aromatic N) is 4. The molecular formula is C19H26F2N4O2. The van der Waals surface area contributed by atoms with Crippen molar-refractivity contribution in [2.45, 2.75) is 47.1 Å². The third-order valence-electron chi connectivity index (χ3n) is 4.71. The average molecular weight is 380 g/mol. The highest BCUT2D eigenvalue weighted by Crippen LogP contribution is 2.20. The Morgan fingerprint density at radius 3 is 2.33 bits per heavy atom. The lowest BCUT2D eigenvalue weighted by molar-refractivity contribution is -0.0498. The Bertz CT molecular complexity index is 743. The minimum absolute atomic E-state index is 0.0603. The molecule has 27 heavy (non-hydrogen) atoms. The maximum Gasteiger partial charge on any atom is 0.387 e. The van der Waals surface area contributed by atoms with Crippen molar-refractivity contribution in [3.63, 3.8) is 0 Å². The first-order valence-electron chi connectivity index (χ1n) is 9.17. The number of alkyl halides is 2. The fourth-order valence-electron chi connectivity index (χ4n) is 2.90. The van der Waals surface area contributed by atoms with Crippen LogP contribution >= 0.6 is 0 Å². The average Bonchev–Trinajstić information content (AvgIpc) is 3.04. The van der Waals surface area contributed by atoms with Gasteiger partial charge in [-0.3, -0.25) is 4.79 Å². The summed E-state index contributed by atoms with van der Waals surface area (Å²) in [6.07, 6.45) is 2.03. The van der Waals surface area contributed by atoms with Crippen LogP contribution in [0.2, 0.25) is 0 Å². The maximum absolute atomic E-state index is 12.9. The standard InChI is InChI=1S/C19H26F2N4O2/c1-5-14(6-2)12-24(7-3)18(26)17-13(4)25(23-22-17)15-8-10-16(11-9-15)27-19(20)21/h8-11,14,19H,5-7,12H2,1-4H3. The van der Waals surface area contributed by atoms with E-state index in [1.807, 2.05) is 6.92 Å². The summed E-state index contributed by atoms with van der Waals surface area (Å²) in [5.41, 5.74) is 1.52. The number of carbonyl (C=O) groups is 1. The van der Waals surface area contributed by atoms with Crippen LogP contribution < -0.4 is 4.74 Å². The molecule has 0 atom stereocenters. The number of benzene rings is 1. The molecule has 0 bridgehead atoms. The first-order valence-corrected chi connectivity index (χ1v) is 9.17. The van der Waals surface area contributed by atoms with E-state index in [0.717, 1.165) is 12.8 Å². The number of hydrogen-bond acceptors (Lipinski definition) is 4. The Labute approximate surface area is 158 Å². The molecule has 8 heteroatoms. The van der Waals surface area contributed by atoms with Gasteiger partial charge in [0.25, 0.3) is 5.91 Å². The molecule has 0 saturated heterocycles. The van der Waals surface area contributed by atoms with Gasteiger partial charge in [0.2, 0.25) is 0 Å². The summed E-state index contributed by atoms with van der Waals surface area (Å²) in [5.74, 6) is 0.364. The molecule has 148 valence electrons. The molecule has 1 heterocycles. The van der Waals surface area contributed by atoms with Crippen LogP contribution in [0.3, 0.4) is 0 Å². The number of amides is 1. The van der Waals surface area contributed by atoms with Crippen LogP contribution in [0.4, 0.5) is 8.78 Å². The maximum atomic E-state index is 12.9. The van der Waals surface area contributed by atoms with Crippen LogP contribution in [-0.4, -0.2) is 45.5 Å². The molecule has 0 N–H and O–H groups in total. The molecule has 0 unspecified atom stereocenters. The molecule has 0 fully saturated rings. The van der Waals surface area contributed by atoms with Crippen molar-refractivity contribution in [2.24, 2.45) is 5.92 Å². The molecule has 1 aromatic heterocycles. The van der Waals surface area contributed by atoms with Gasteiger partial charge in [-0.25, -0.2) is 4.68 Å². The number of aromatic nitrogens is 3. The smallest absolute Gasteiger partial charge is 0.387 e. The number of rotatable bonds is 9. The Hall–Kier alpha value is -2.51. The van der Waals surface area contributed by atoms with Crippen molar-refractivity contribution < 1.29 is 18.3 Å². The zero-order valence-electron chi connectivity index (χ0n) is 16.2. The number of ether oxygens (including phenoxy) is 1. The number of carbonyl (C=O) groups excluding carboxylic acids is 1. The zero-order chi connectivity index (χ0) is 20.0. The van der Waals surface area contributed by atoms with Crippen molar-refractivity contribution in [3.05, 3.63) is 35.7 Å². The molecule has 0 aliphatic rings. The summed E-state index contributed by atoms with van der Waals surface area (Å²) in [6.45, 7) is 6.37. The van der Waals surface area contributed by atoms with Crippen LogP contribution in [-0.2, 0) is 0 Å². The number of halogens is 2. The number of hydrogen-bond donors (Lipinski definition) is 0. The van der Waals surface area contributed by atoms with Gasteiger partial charge in [0, 0.05) is 13.1 Å². The van der Waals surface area contributed by atoms with E-state index < -0.39 is 6.61 Å². The Balaban J connectivity index is 2.21. The molecule has 0 spiro atoms. The van der Waals surface area contributed by atoms with Gasteiger partial charge >= 0.3 is 6.61 Å². The first-order chi connectivity index (χ1) is 12.9. The van der Waals surface area contributed by atoms with E-state index in [0.29, 0.717) is 36.1 Å². The molecule has 0 saturated carbocycles. The van der Waals surface area contributed by atoms with E-state index in [4.69, 9.17) is 0 Å². The first kappa shape index (κ1) is 20.8. The minimum atomic E-state index is -2.87. The topological polar surface area (TPSA) is 60.2 Å². The fraction of sp³-hybridized carbons (Fsp3) is 0.526. The van der Waals surface area contributed by atoms with E-state index in [1.54, 1.807) is 24.0 Å². The molecule has 1 aromatic carbocycles. The highest BCUT2D eigenvalue weighted by atomic mass is 19.3. The van der Waals surface area contributed by atoms with Crippen molar-refractivity contribution in [2.75, 3.05) is 13.1 Å². The van der Waals surface area contributed by atoms with Gasteiger partial charge in [0.05, 0.1) is 11.4 Å². The summed E-state index contributed by atoms with van der Waals surface area (Å²) in [6, 6.07) is 6.04. The normalized spacial score (nSPS) is 11.3. The van der Waals surface area contributed by atoms with Gasteiger partial charge in [-0.1, -0.05) is 31.9 Å². The van der Waals surface area contributed by atoms with Crippen molar-refractivity contribution in [1.82, 2.24) is 19.9 Å². The van der Waals surface area contributed by atoms with E-state index in [1.165, 1.54) is 16.8 Å². The molecule has 1 amide bonds. The third-order valence-corrected chi connectivity index (χ3v) is 4.71. The fourth-order valence-corrected chi connectivity index (χ4v) is 2.90. The van der Waals surface area contributed by atoms with Crippen molar-refractivity contribution >= 4 is 5.91 Å². The molecular weight excluding hydrogens is 354 g/mol. The molecule has 0 radical (unpaired) electrons. The Morgan fingerprint density at radius 1 is 1.19 bits per heavy atom. The summed E-state index contributed by atoms with van der Waals surface area (Å²) in [7, 11) is 0. The van der Waals surface area contributed by atoms with Gasteiger partial charge in [0.1, 0.15) is 5.75 Å². The zero-order valence-corrected chi connectivity index (χ0v) is 16.2. The van der Waals surface area contributed by atoms with Crippen LogP contribution in [0.25, 0.3) is 5.69 Å². The van der Waals surface area contributed by atoms with E-state index in [-0.39, 0.29) is 11.7 Å². The van der Waals surface area contributed by atoms with Gasteiger partial charge in [-0.2, -0.15) is 8.78 Å². The van der Waals surface area contributed by atoms with Gasteiger partial charge < -0.3 is 9.64 Å². The second kappa shape index (κ2) is 9.43. The molecule has 2 aromatic rings. The highest BCUT2D eigenvalue weighted by Gasteiger charge is 2.23. The third kappa shape index (κ3) is 5.02. The Morgan fingerprint density at radius 2 is 1.81 bits per heavy atom. The van der Waals surface area contributed by atoms with Crippen LogP contribution in [0.15, 0.2) is 24.3 Å². The van der Waals surface area contributed by atoms with Crippen molar-refractivity contribution in [3.8, 4) is 11.4 Å². The summed E-state index contributed by atoms with van der Waals surface area (Å²) < 4.78 is 30.4. The largest absolute Gasteiger partial charge is 0.435 e. The van der Waals surface area contributed by atoms with Gasteiger partial charge in [0.15, 0.2) is 5.69 Å². The van der Waals surface area contributed by atoms with Crippen LogP contribution in [0.5, 0.6) is 5.75 Å². The highest BCUT2D eigenvalue weighted by molar-refractivity contribution is 5.93. The summed E-state index contributed by atoms with van der Waals surface area (Å²) >= 11 is 0. The lowest BCUT2D eigenvalue weighted by Crippen LogP contribution is -2.35. The lowest BCUT2D eigenvalue weighted by Gasteiger charge is -2.24. The molecule has 2 rings (SSSR count). The quantitative estimate of drug-likeness (QED) is 0.658. The van der Waals surface area contributed by atoms with Crippen molar-refractivity contribution in [1.29, 1.82) is 0 Å². The summed E-state index contributed by atoms with van der Waals surface area (Å²) in [4.78, 5) is 14.7. The Kier molecular flexibility index (Phi) is 7.27. The predicted octanol–water partition coefficient (Wildman–Crippen LogP) is 4.08. The second-order valence-electron chi connectivity index (χ2n) is 6.33. The second-order valence-corrected chi connectivity index (χ2v) is 6.33.